The number of carbonyl (C=O) groups is 1. The van der Waals surface area contributed by atoms with Gasteiger partial charge in [-0.1, -0.05) is 0 Å². The van der Waals surface area contributed by atoms with Crippen LogP contribution in [0.4, 0.5) is 0 Å². The summed E-state index contributed by atoms with van der Waals surface area (Å²) in [6.45, 7) is 0.0420. The van der Waals surface area contributed by atoms with E-state index >= 15 is 0 Å². The van der Waals surface area contributed by atoms with Crippen molar-refractivity contribution in [2.75, 3.05) is 20.8 Å². The van der Waals surface area contributed by atoms with Gasteiger partial charge in [-0.3, -0.25) is 4.79 Å². The van der Waals surface area contributed by atoms with Crippen LogP contribution in [0.1, 0.15) is 32.1 Å². The molecule has 0 radical (unpaired) electrons. The van der Waals surface area contributed by atoms with Crippen molar-refractivity contribution in [1.29, 1.82) is 0 Å². The predicted molar refractivity (Wildman–Crippen MR) is 108 cm³/mol. The van der Waals surface area contributed by atoms with Crippen molar-refractivity contribution in [3.05, 3.63) is 18.2 Å². The highest BCUT2D eigenvalue weighted by molar-refractivity contribution is 7.89. The van der Waals surface area contributed by atoms with Crippen molar-refractivity contribution in [2.24, 2.45) is 0 Å². The number of halogens is 1. The number of amides is 1. The molecule has 1 amide bonds. The zero-order chi connectivity index (χ0) is 19.4. The number of benzene rings is 1. The lowest BCUT2D eigenvalue weighted by Crippen LogP contribution is -2.48. The van der Waals surface area contributed by atoms with Gasteiger partial charge in [0.1, 0.15) is 0 Å². The lowest BCUT2D eigenvalue weighted by Gasteiger charge is -2.29. The maximum absolute atomic E-state index is 12.4. The zero-order valence-electron chi connectivity index (χ0n) is 16.1. The molecular formula is C18H28ClN3O5S. The number of methoxy groups -OCH3 is 2. The van der Waals surface area contributed by atoms with Crippen molar-refractivity contribution < 1.29 is 22.7 Å². The number of fused-ring (bicyclic) bond motifs is 2. The van der Waals surface area contributed by atoms with E-state index in [0.29, 0.717) is 23.6 Å². The molecule has 158 valence electrons. The maximum atomic E-state index is 12.4. The van der Waals surface area contributed by atoms with E-state index in [1.54, 1.807) is 0 Å². The summed E-state index contributed by atoms with van der Waals surface area (Å²) in [7, 11) is -0.803. The Labute approximate surface area is 172 Å². The Kier molecular flexibility index (Phi) is 7.94. The summed E-state index contributed by atoms with van der Waals surface area (Å²) < 4.78 is 37.5. The average Bonchev–Trinajstić information content (AvgIpc) is 2.99. The van der Waals surface area contributed by atoms with Gasteiger partial charge in [-0.05, 0) is 37.8 Å². The van der Waals surface area contributed by atoms with Gasteiger partial charge in [0.25, 0.3) is 0 Å². The molecule has 8 nitrogen and oxygen atoms in total. The molecule has 0 spiro atoms. The molecule has 0 aliphatic carbocycles. The van der Waals surface area contributed by atoms with Crippen LogP contribution in [0, 0.1) is 0 Å². The Hall–Kier alpha value is -1.55. The van der Waals surface area contributed by atoms with Crippen LogP contribution >= 0.6 is 12.4 Å². The highest BCUT2D eigenvalue weighted by atomic mass is 35.5. The molecule has 0 saturated carbocycles. The van der Waals surface area contributed by atoms with Crippen molar-refractivity contribution in [2.45, 2.75) is 55.1 Å². The molecule has 10 heteroatoms. The SMILES string of the molecule is COc1ccc(S(=O)(=O)NCCC(=O)NC2CC3CCC(C2)N3)cc1OC.Cl. The van der Waals surface area contributed by atoms with Crippen LogP contribution < -0.4 is 24.8 Å². The van der Waals surface area contributed by atoms with E-state index in [2.05, 4.69) is 15.4 Å². The van der Waals surface area contributed by atoms with Crippen LogP contribution in [0.3, 0.4) is 0 Å². The van der Waals surface area contributed by atoms with Crippen LogP contribution in [-0.2, 0) is 14.8 Å². The van der Waals surface area contributed by atoms with E-state index in [0.717, 1.165) is 12.8 Å². The third kappa shape index (κ3) is 5.50. The molecular weight excluding hydrogens is 406 g/mol. The highest BCUT2D eigenvalue weighted by Crippen LogP contribution is 2.29. The van der Waals surface area contributed by atoms with Gasteiger partial charge >= 0.3 is 0 Å². The summed E-state index contributed by atoms with van der Waals surface area (Å²) in [4.78, 5) is 12.2. The number of hydrogen-bond acceptors (Lipinski definition) is 6. The average molecular weight is 434 g/mol. The van der Waals surface area contributed by atoms with Gasteiger partial charge in [-0.2, -0.15) is 0 Å². The minimum Gasteiger partial charge on any atom is -0.493 e. The molecule has 2 unspecified atom stereocenters. The molecule has 2 bridgehead atoms. The predicted octanol–water partition coefficient (Wildman–Crippen LogP) is 1.19. The van der Waals surface area contributed by atoms with Gasteiger partial charge in [0, 0.05) is 37.2 Å². The van der Waals surface area contributed by atoms with Crippen LogP contribution in [0.5, 0.6) is 11.5 Å². The molecule has 1 aromatic carbocycles. The number of piperidine rings is 1. The summed E-state index contributed by atoms with van der Waals surface area (Å²) >= 11 is 0. The smallest absolute Gasteiger partial charge is 0.240 e. The fourth-order valence-corrected chi connectivity index (χ4v) is 4.89. The first-order valence-electron chi connectivity index (χ1n) is 9.18. The topological polar surface area (TPSA) is 106 Å². The number of rotatable bonds is 8. The van der Waals surface area contributed by atoms with E-state index in [1.807, 2.05) is 0 Å². The third-order valence-electron chi connectivity index (χ3n) is 5.15. The standard InChI is InChI=1S/C18H27N3O5S.ClH/c1-25-16-6-5-15(11-17(16)26-2)27(23,24)19-8-7-18(22)21-14-9-12-3-4-13(10-14)20-12;/h5-6,11-14,19-20H,3-4,7-10H2,1-2H3,(H,21,22);1H. The van der Waals surface area contributed by atoms with Gasteiger partial charge in [0.15, 0.2) is 11.5 Å². The lowest BCUT2D eigenvalue weighted by molar-refractivity contribution is -0.121. The van der Waals surface area contributed by atoms with Gasteiger partial charge in [-0.15, -0.1) is 12.4 Å². The highest BCUT2D eigenvalue weighted by Gasteiger charge is 2.33. The Morgan fingerprint density at radius 2 is 1.79 bits per heavy atom. The van der Waals surface area contributed by atoms with Crippen molar-refractivity contribution in [1.82, 2.24) is 15.4 Å². The van der Waals surface area contributed by atoms with E-state index in [9.17, 15) is 13.2 Å². The Bertz CT molecular complexity index is 777. The van der Waals surface area contributed by atoms with Gasteiger partial charge in [0.2, 0.25) is 15.9 Å². The summed E-state index contributed by atoms with van der Waals surface area (Å²) in [6.07, 6.45) is 4.33. The quantitative estimate of drug-likeness (QED) is 0.568. The molecule has 0 aromatic heterocycles. The van der Waals surface area contributed by atoms with Gasteiger partial charge in [0.05, 0.1) is 19.1 Å². The molecule has 3 rings (SSSR count). The maximum Gasteiger partial charge on any atom is 0.240 e. The van der Waals surface area contributed by atoms with Crippen LogP contribution in [0.2, 0.25) is 0 Å². The normalized spacial score (nSPS) is 23.6. The molecule has 2 aliphatic heterocycles. The molecule has 28 heavy (non-hydrogen) atoms. The fourth-order valence-electron chi connectivity index (χ4n) is 3.84. The summed E-state index contributed by atoms with van der Waals surface area (Å²) in [5, 5.41) is 6.56. The van der Waals surface area contributed by atoms with Crippen LogP contribution in [0.25, 0.3) is 0 Å². The first-order chi connectivity index (χ1) is 12.9. The third-order valence-corrected chi connectivity index (χ3v) is 6.61. The van der Waals surface area contributed by atoms with E-state index in [1.165, 1.54) is 45.3 Å². The summed E-state index contributed by atoms with van der Waals surface area (Å²) in [5.41, 5.74) is 0. The largest absolute Gasteiger partial charge is 0.493 e. The Balaban J connectivity index is 0.00000280. The fraction of sp³-hybridized carbons (Fsp3) is 0.611. The lowest BCUT2D eigenvalue weighted by atomic mass is 10.00. The first-order valence-corrected chi connectivity index (χ1v) is 10.7. The molecule has 1 aromatic rings. The minimum atomic E-state index is -3.73. The Morgan fingerprint density at radius 1 is 1.14 bits per heavy atom. The molecule has 2 atom stereocenters. The number of hydrogen-bond donors (Lipinski definition) is 3. The van der Waals surface area contributed by atoms with E-state index in [4.69, 9.17) is 9.47 Å². The monoisotopic (exact) mass is 433 g/mol. The minimum absolute atomic E-state index is 0. The van der Waals surface area contributed by atoms with Crippen LogP contribution in [0.15, 0.2) is 23.1 Å². The van der Waals surface area contributed by atoms with Crippen molar-refractivity contribution in [3.63, 3.8) is 0 Å². The van der Waals surface area contributed by atoms with Gasteiger partial charge < -0.3 is 20.1 Å². The molecule has 2 saturated heterocycles. The second-order valence-electron chi connectivity index (χ2n) is 7.04. The number of ether oxygens (including phenoxy) is 2. The molecule has 3 N–H and O–H groups in total. The second kappa shape index (κ2) is 9.78. The number of nitrogens with one attached hydrogen (secondary N) is 3. The number of sulfonamides is 1. The molecule has 2 aliphatic rings. The van der Waals surface area contributed by atoms with Gasteiger partial charge in [-0.25, -0.2) is 13.1 Å². The van der Waals surface area contributed by atoms with Crippen LogP contribution in [-0.4, -0.2) is 53.2 Å². The molecule has 2 fully saturated rings. The van der Waals surface area contributed by atoms with Crippen molar-refractivity contribution >= 4 is 28.3 Å². The number of carbonyl (C=O) groups excluding carboxylic acids is 1. The van der Waals surface area contributed by atoms with E-state index < -0.39 is 10.0 Å². The first kappa shape index (κ1) is 22.7. The zero-order valence-corrected chi connectivity index (χ0v) is 17.7. The Morgan fingerprint density at radius 3 is 2.39 bits per heavy atom. The summed E-state index contributed by atoms with van der Waals surface area (Å²) in [6, 6.07) is 5.54. The van der Waals surface area contributed by atoms with E-state index in [-0.39, 0.29) is 42.2 Å². The summed E-state index contributed by atoms with van der Waals surface area (Å²) in [5.74, 6) is 0.654. The molecule has 2 heterocycles. The second-order valence-corrected chi connectivity index (χ2v) is 8.81. The van der Waals surface area contributed by atoms with Crippen molar-refractivity contribution in [3.8, 4) is 11.5 Å².